The van der Waals surface area contributed by atoms with Crippen LogP contribution < -0.4 is 5.32 Å². The molecule has 9 heteroatoms. The van der Waals surface area contributed by atoms with Crippen LogP contribution in [0.15, 0.2) is 24.3 Å². The molecule has 0 spiro atoms. The van der Waals surface area contributed by atoms with E-state index in [0.29, 0.717) is 6.42 Å². The van der Waals surface area contributed by atoms with Crippen LogP contribution in [0.1, 0.15) is 213 Å². The van der Waals surface area contributed by atoms with Crippen LogP contribution in [0.4, 0.5) is 0 Å². The van der Waals surface area contributed by atoms with Crippen molar-refractivity contribution in [3.63, 3.8) is 0 Å². The van der Waals surface area contributed by atoms with Crippen LogP contribution in [0.25, 0.3) is 0 Å². The van der Waals surface area contributed by atoms with Gasteiger partial charge in [-0.05, 0) is 32.1 Å². The highest BCUT2D eigenvalue weighted by molar-refractivity contribution is 5.76. The first-order valence-corrected chi connectivity index (χ1v) is 23.6. The van der Waals surface area contributed by atoms with Crippen molar-refractivity contribution in [2.75, 3.05) is 13.2 Å². The van der Waals surface area contributed by atoms with Gasteiger partial charge in [-0.25, -0.2) is 0 Å². The zero-order chi connectivity index (χ0) is 40.9. The van der Waals surface area contributed by atoms with Gasteiger partial charge in [-0.1, -0.05) is 199 Å². The Bertz CT molecular complexity index is 930. The number of amides is 1. The van der Waals surface area contributed by atoms with Crippen molar-refractivity contribution in [3.8, 4) is 0 Å². The number of hydrogen-bond donors (Lipinski definition) is 6. The van der Waals surface area contributed by atoms with Crippen LogP contribution in [-0.2, 0) is 14.3 Å². The maximum atomic E-state index is 13.0. The summed E-state index contributed by atoms with van der Waals surface area (Å²) < 4.78 is 11.2. The molecule has 0 aliphatic carbocycles. The smallest absolute Gasteiger partial charge is 0.220 e. The fourth-order valence-electron chi connectivity index (χ4n) is 7.47. The molecule has 7 unspecified atom stereocenters. The van der Waals surface area contributed by atoms with Gasteiger partial charge in [0.25, 0.3) is 0 Å². The molecule has 0 aromatic heterocycles. The summed E-state index contributed by atoms with van der Waals surface area (Å²) in [5.41, 5.74) is 0. The Balaban J connectivity index is 2.36. The lowest BCUT2D eigenvalue weighted by Crippen LogP contribution is -2.60. The standard InChI is InChI=1S/C47H89NO8/c1-3-5-7-9-11-13-15-17-19-21-23-25-27-29-31-33-35-37-43(51)48-40(39-55-47-46(54)45(53)44(52)42(38-49)56-47)41(50)36-34-32-30-28-26-24-22-20-18-16-14-12-10-8-6-4-2/h26,28,34,36,40-42,44-47,49-50,52-54H,3-25,27,29-33,35,37-39H2,1-2H3,(H,48,51)/b28-26+,36-34+. The summed E-state index contributed by atoms with van der Waals surface area (Å²) in [4.78, 5) is 13.0. The number of nitrogens with one attached hydrogen (secondary N) is 1. The predicted molar refractivity (Wildman–Crippen MR) is 230 cm³/mol. The highest BCUT2D eigenvalue weighted by atomic mass is 16.7. The van der Waals surface area contributed by atoms with Gasteiger partial charge < -0.3 is 40.3 Å². The van der Waals surface area contributed by atoms with E-state index in [-0.39, 0.29) is 12.5 Å². The Morgan fingerprint density at radius 2 is 1.02 bits per heavy atom. The maximum Gasteiger partial charge on any atom is 0.220 e. The molecule has 1 aliphatic heterocycles. The van der Waals surface area contributed by atoms with Gasteiger partial charge in [0.15, 0.2) is 6.29 Å². The van der Waals surface area contributed by atoms with Gasteiger partial charge in [-0.15, -0.1) is 0 Å². The first-order valence-electron chi connectivity index (χ1n) is 23.6. The highest BCUT2D eigenvalue weighted by Crippen LogP contribution is 2.23. The molecule has 0 bridgehead atoms. The molecule has 6 N–H and O–H groups in total. The van der Waals surface area contributed by atoms with Crippen LogP contribution in [-0.4, -0.2) is 87.5 Å². The summed E-state index contributed by atoms with van der Waals surface area (Å²) in [6.45, 7) is 3.76. The summed E-state index contributed by atoms with van der Waals surface area (Å²) in [7, 11) is 0. The van der Waals surface area contributed by atoms with Gasteiger partial charge in [0.05, 0.1) is 25.4 Å². The van der Waals surface area contributed by atoms with Crippen molar-refractivity contribution in [1.82, 2.24) is 5.32 Å². The average molecular weight is 796 g/mol. The molecule has 1 heterocycles. The molecule has 56 heavy (non-hydrogen) atoms. The summed E-state index contributed by atoms with van der Waals surface area (Å²) in [5, 5.41) is 54.2. The lowest BCUT2D eigenvalue weighted by molar-refractivity contribution is -0.302. The van der Waals surface area contributed by atoms with E-state index in [1.807, 2.05) is 6.08 Å². The molecule has 1 aliphatic rings. The zero-order valence-electron chi connectivity index (χ0n) is 36.1. The van der Waals surface area contributed by atoms with Crippen molar-refractivity contribution >= 4 is 5.91 Å². The molecule has 330 valence electrons. The van der Waals surface area contributed by atoms with Crippen molar-refractivity contribution in [3.05, 3.63) is 24.3 Å². The van der Waals surface area contributed by atoms with Gasteiger partial charge in [-0.3, -0.25) is 4.79 Å². The summed E-state index contributed by atoms with van der Waals surface area (Å²) >= 11 is 0. The summed E-state index contributed by atoms with van der Waals surface area (Å²) in [6.07, 6.45) is 37.9. The second kappa shape index (κ2) is 37.9. The Kier molecular flexibility index (Phi) is 35.7. The van der Waals surface area contributed by atoms with Crippen LogP contribution in [0.5, 0.6) is 0 Å². The monoisotopic (exact) mass is 796 g/mol. The number of allylic oxidation sites excluding steroid dienone is 3. The van der Waals surface area contributed by atoms with E-state index >= 15 is 0 Å². The molecule has 7 atom stereocenters. The summed E-state index contributed by atoms with van der Waals surface area (Å²) in [5.74, 6) is -0.185. The molecule has 0 aromatic rings. The fraction of sp³-hybridized carbons (Fsp3) is 0.894. The van der Waals surface area contributed by atoms with Crippen molar-refractivity contribution < 1.29 is 39.8 Å². The molecule has 0 aromatic carbocycles. The third-order valence-corrected chi connectivity index (χ3v) is 11.3. The Morgan fingerprint density at radius 1 is 0.589 bits per heavy atom. The number of carbonyl (C=O) groups excluding carboxylic acids is 1. The molecular weight excluding hydrogens is 707 g/mol. The number of unbranched alkanes of at least 4 members (excludes halogenated alkanes) is 27. The molecule has 0 radical (unpaired) electrons. The van der Waals surface area contributed by atoms with Gasteiger partial charge in [0.1, 0.15) is 24.4 Å². The first kappa shape index (κ1) is 52.7. The molecular formula is C47H89NO8. The molecule has 1 fully saturated rings. The van der Waals surface area contributed by atoms with Crippen LogP contribution in [0.3, 0.4) is 0 Å². The van der Waals surface area contributed by atoms with Crippen LogP contribution in [0, 0.1) is 0 Å². The maximum absolute atomic E-state index is 13.0. The normalized spacial score (nSPS) is 21.3. The molecule has 1 amide bonds. The molecule has 0 saturated carbocycles. The molecule has 1 rings (SSSR count). The van der Waals surface area contributed by atoms with Gasteiger partial charge in [0, 0.05) is 6.42 Å². The lowest BCUT2D eigenvalue weighted by atomic mass is 9.99. The first-order chi connectivity index (χ1) is 27.3. The minimum atomic E-state index is -1.57. The SMILES string of the molecule is CCCCCCCCCCCC/C=C/CC/C=C/C(O)C(COC1OC(CO)C(O)C(O)C1O)NC(=O)CCCCCCCCCCCCCCCCCCC. The Morgan fingerprint density at radius 3 is 1.50 bits per heavy atom. The largest absolute Gasteiger partial charge is 0.394 e. The Labute approximate surface area is 343 Å². The van der Waals surface area contributed by atoms with E-state index in [9.17, 15) is 30.3 Å². The number of aliphatic hydroxyl groups excluding tert-OH is 5. The summed E-state index contributed by atoms with van der Waals surface area (Å²) in [6, 6.07) is -0.816. The fourth-order valence-corrected chi connectivity index (χ4v) is 7.47. The quantitative estimate of drug-likeness (QED) is 0.0266. The number of rotatable bonds is 39. The number of hydrogen-bond acceptors (Lipinski definition) is 8. The van der Waals surface area contributed by atoms with E-state index in [1.165, 1.54) is 154 Å². The highest BCUT2D eigenvalue weighted by Gasteiger charge is 2.44. The molecule has 9 nitrogen and oxygen atoms in total. The lowest BCUT2D eigenvalue weighted by Gasteiger charge is -2.40. The topological polar surface area (TPSA) is 149 Å². The zero-order valence-corrected chi connectivity index (χ0v) is 36.1. The van der Waals surface area contributed by atoms with Crippen molar-refractivity contribution in [1.29, 1.82) is 0 Å². The van der Waals surface area contributed by atoms with Crippen LogP contribution in [0.2, 0.25) is 0 Å². The van der Waals surface area contributed by atoms with E-state index in [4.69, 9.17) is 9.47 Å². The van der Waals surface area contributed by atoms with E-state index in [0.717, 1.165) is 38.5 Å². The van der Waals surface area contributed by atoms with Gasteiger partial charge in [0.2, 0.25) is 5.91 Å². The van der Waals surface area contributed by atoms with Crippen LogP contribution >= 0.6 is 0 Å². The number of carbonyl (C=O) groups is 1. The number of aliphatic hydroxyl groups is 5. The second-order valence-corrected chi connectivity index (χ2v) is 16.5. The van der Waals surface area contributed by atoms with E-state index in [2.05, 4.69) is 31.3 Å². The minimum Gasteiger partial charge on any atom is -0.394 e. The third kappa shape index (κ3) is 28.2. The van der Waals surface area contributed by atoms with Crippen molar-refractivity contribution in [2.45, 2.75) is 256 Å². The Hall–Kier alpha value is -1.33. The predicted octanol–water partition coefficient (Wildman–Crippen LogP) is 9.89. The van der Waals surface area contributed by atoms with Gasteiger partial charge in [-0.2, -0.15) is 0 Å². The second-order valence-electron chi connectivity index (χ2n) is 16.5. The average Bonchev–Trinajstić information content (AvgIpc) is 3.20. The third-order valence-electron chi connectivity index (χ3n) is 11.3. The number of ether oxygens (including phenoxy) is 2. The van der Waals surface area contributed by atoms with Gasteiger partial charge >= 0.3 is 0 Å². The minimum absolute atomic E-state index is 0.185. The molecule has 1 saturated heterocycles. The van der Waals surface area contributed by atoms with E-state index < -0.39 is 49.5 Å². The van der Waals surface area contributed by atoms with E-state index in [1.54, 1.807) is 6.08 Å². The van der Waals surface area contributed by atoms with Crippen molar-refractivity contribution in [2.24, 2.45) is 0 Å².